The van der Waals surface area contributed by atoms with E-state index in [4.69, 9.17) is 0 Å². The van der Waals surface area contributed by atoms with E-state index in [-0.39, 0.29) is 0 Å². The first-order valence-electron chi connectivity index (χ1n) is 8.34. The molecular formula is C17H39NO. The van der Waals surface area contributed by atoms with Gasteiger partial charge in [0.05, 0.1) is 0 Å². The Bertz CT molecular complexity index is 143. The van der Waals surface area contributed by atoms with Gasteiger partial charge in [-0.25, -0.2) is 0 Å². The third-order valence-electron chi connectivity index (χ3n) is 2.91. The number of carbonyl (C=O) groups is 1. The predicted octanol–water partition coefficient (Wildman–Crippen LogP) is 5.21. The first-order chi connectivity index (χ1) is 9.13. The third-order valence-corrected chi connectivity index (χ3v) is 2.91. The van der Waals surface area contributed by atoms with Gasteiger partial charge in [-0.15, -0.1) is 0 Å². The average Bonchev–Trinajstić information content (AvgIpc) is 2.50. The quantitative estimate of drug-likeness (QED) is 0.764. The standard InChI is InChI=1S/C7H13NO.2C4H10.C2H6/c1-6(9)7-2-4-8-5-3-7;2*1-3-4-2;1-2/h7-8H,2-5H2,1H3;2*3-4H2,1-2H3;1-2H3. The summed E-state index contributed by atoms with van der Waals surface area (Å²) in [6.45, 7) is 16.4. The van der Waals surface area contributed by atoms with Crippen molar-refractivity contribution in [2.24, 2.45) is 5.92 Å². The van der Waals surface area contributed by atoms with Crippen LogP contribution in [0.3, 0.4) is 0 Å². The van der Waals surface area contributed by atoms with E-state index in [9.17, 15) is 4.79 Å². The molecule has 0 spiro atoms. The van der Waals surface area contributed by atoms with Gasteiger partial charge >= 0.3 is 0 Å². The second-order valence-corrected chi connectivity index (χ2v) is 4.63. The minimum atomic E-state index is 0.353. The normalized spacial score (nSPS) is 13.8. The number of carbonyl (C=O) groups excluding carboxylic acids is 1. The largest absolute Gasteiger partial charge is 0.317 e. The Balaban J connectivity index is -0.000000217. The van der Waals surface area contributed by atoms with Gasteiger partial charge in [0.1, 0.15) is 5.78 Å². The maximum Gasteiger partial charge on any atom is 0.133 e. The molecule has 0 saturated carbocycles. The fourth-order valence-electron chi connectivity index (χ4n) is 1.23. The van der Waals surface area contributed by atoms with E-state index in [1.807, 2.05) is 13.8 Å². The molecule has 0 aromatic rings. The van der Waals surface area contributed by atoms with Gasteiger partial charge in [-0.05, 0) is 32.9 Å². The molecule has 0 aromatic carbocycles. The maximum atomic E-state index is 10.8. The number of ketones is 1. The lowest BCUT2D eigenvalue weighted by molar-refractivity contribution is -0.121. The van der Waals surface area contributed by atoms with Crippen molar-refractivity contribution in [3.05, 3.63) is 0 Å². The highest BCUT2D eigenvalue weighted by Crippen LogP contribution is 2.11. The van der Waals surface area contributed by atoms with Gasteiger partial charge in [0.15, 0.2) is 0 Å². The number of Topliss-reactive ketones (excluding diaryl/α,β-unsaturated/α-hetero) is 1. The summed E-state index contributed by atoms with van der Waals surface area (Å²) in [6.07, 6.45) is 7.35. The van der Waals surface area contributed by atoms with Gasteiger partial charge in [0.25, 0.3) is 0 Å². The second-order valence-electron chi connectivity index (χ2n) is 4.63. The van der Waals surface area contributed by atoms with Crippen LogP contribution in [-0.2, 0) is 4.79 Å². The van der Waals surface area contributed by atoms with Crippen molar-refractivity contribution in [2.45, 2.75) is 87.0 Å². The average molecular weight is 274 g/mol. The molecule has 1 saturated heterocycles. The zero-order chi connectivity index (χ0) is 15.5. The highest BCUT2D eigenvalue weighted by molar-refractivity contribution is 5.78. The number of piperidine rings is 1. The minimum Gasteiger partial charge on any atom is -0.317 e. The van der Waals surface area contributed by atoms with E-state index in [1.165, 1.54) is 25.7 Å². The lowest BCUT2D eigenvalue weighted by atomic mass is 9.95. The summed E-state index contributed by atoms with van der Waals surface area (Å²) in [7, 11) is 0. The molecule has 118 valence electrons. The maximum absolute atomic E-state index is 10.8. The van der Waals surface area contributed by atoms with Gasteiger partial charge < -0.3 is 5.32 Å². The SMILES string of the molecule is CC.CC(=O)C1CCNCC1.CCCC.CCCC. The Hall–Kier alpha value is -0.370. The van der Waals surface area contributed by atoms with E-state index in [1.54, 1.807) is 6.92 Å². The van der Waals surface area contributed by atoms with Crippen LogP contribution in [0.1, 0.15) is 87.0 Å². The summed E-state index contributed by atoms with van der Waals surface area (Å²) >= 11 is 0. The smallest absolute Gasteiger partial charge is 0.133 e. The summed E-state index contributed by atoms with van der Waals surface area (Å²) in [5.41, 5.74) is 0. The van der Waals surface area contributed by atoms with Crippen LogP contribution in [0.2, 0.25) is 0 Å². The second kappa shape index (κ2) is 22.8. The van der Waals surface area contributed by atoms with Gasteiger partial charge in [0.2, 0.25) is 0 Å². The molecule has 1 aliphatic heterocycles. The van der Waals surface area contributed by atoms with Crippen molar-refractivity contribution in [1.82, 2.24) is 5.32 Å². The summed E-state index contributed by atoms with van der Waals surface area (Å²) in [5, 5.41) is 3.22. The number of rotatable bonds is 3. The predicted molar refractivity (Wildman–Crippen MR) is 88.8 cm³/mol. The van der Waals surface area contributed by atoms with Crippen LogP contribution in [0.15, 0.2) is 0 Å². The van der Waals surface area contributed by atoms with Gasteiger partial charge in [-0.2, -0.15) is 0 Å². The van der Waals surface area contributed by atoms with Gasteiger partial charge in [-0.3, -0.25) is 4.79 Å². The molecule has 1 aliphatic rings. The lowest BCUT2D eigenvalue weighted by Crippen LogP contribution is -2.30. The first-order valence-corrected chi connectivity index (χ1v) is 8.34. The summed E-state index contributed by atoms with van der Waals surface area (Å²) < 4.78 is 0. The van der Waals surface area contributed by atoms with Crippen molar-refractivity contribution < 1.29 is 4.79 Å². The zero-order valence-corrected chi connectivity index (χ0v) is 14.6. The van der Waals surface area contributed by atoms with E-state index in [0.717, 1.165) is 25.9 Å². The molecule has 0 bridgehead atoms. The van der Waals surface area contributed by atoms with E-state index >= 15 is 0 Å². The van der Waals surface area contributed by atoms with Crippen molar-refractivity contribution in [3.63, 3.8) is 0 Å². The van der Waals surface area contributed by atoms with Crippen LogP contribution in [0.5, 0.6) is 0 Å². The fraction of sp³-hybridized carbons (Fsp3) is 0.941. The van der Waals surface area contributed by atoms with E-state index in [0.29, 0.717) is 11.7 Å². The van der Waals surface area contributed by atoms with Crippen molar-refractivity contribution in [2.75, 3.05) is 13.1 Å². The Kier molecular flexibility index (Phi) is 28.4. The highest BCUT2D eigenvalue weighted by atomic mass is 16.1. The molecule has 1 rings (SSSR count). The molecule has 0 unspecified atom stereocenters. The molecule has 0 aliphatic carbocycles. The molecule has 0 amide bonds. The Morgan fingerprint density at radius 2 is 1.21 bits per heavy atom. The summed E-state index contributed by atoms with van der Waals surface area (Å²) in [6, 6.07) is 0. The van der Waals surface area contributed by atoms with Crippen LogP contribution in [-0.4, -0.2) is 18.9 Å². The molecule has 0 atom stereocenters. The highest BCUT2D eigenvalue weighted by Gasteiger charge is 2.16. The van der Waals surface area contributed by atoms with Crippen molar-refractivity contribution >= 4 is 5.78 Å². The van der Waals surface area contributed by atoms with Crippen LogP contribution < -0.4 is 5.32 Å². The lowest BCUT2D eigenvalue weighted by Gasteiger charge is -2.19. The molecule has 1 fully saturated rings. The number of unbranched alkanes of at least 4 members (excludes halogenated alkanes) is 2. The van der Waals surface area contributed by atoms with Crippen LogP contribution in [0.25, 0.3) is 0 Å². The zero-order valence-electron chi connectivity index (χ0n) is 14.6. The van der Waals surface area contributed by atoms with Crippen molar-refractivity contribution in [1.29, 1.82) is 0 Å². The molecule has 2 heteroatoms. The van der Waals surface area contributed by atoms with Crippen molar-refractivity contribution in [3.8, 4) is 0 Å². The van der Waals surface area contributed by atoms with E-state index < -0.39 is 0 Å². The molecule has 1 heterocycles. The Labute approximate surface area is 122 Å². The number of hydrogen-bond acceptors (Lipinski definition) is 2. The summed E-state index contributed by atoms with van der Waals surface area (Å²) in [5.74, 6) is 0.711. The van der Waals surface area contributed by atoms with Crippen LogP contribution >= 0.6 is 0 Å². The Morgan fingerprint density at radius 3 is 1.37 bits per heavy atom. The molecular weight excluding hydrogens is 234 g/mol. The third kappa shape index (κ3) is 23.2. The summed E-state index contributed by atoms with van der Waals surface area (Å²) in [4.78, 5) is 10.8. The molecule has 1 N–H and O–H groups in total. The van der Waals surface area contributed by atoms with Crippen LogP contribution in [0.4, 0.5) is 0 Å². The van der Waals surface area contributed by atoms with E-state index in [2.05, 4.69) is 33.0 Å². The molecule has 0 aromatic heterocycles. The number of hydrogen-bond donors (Lipinski definition) is 1. The van der Waals surface area contributed by atoms with Crippen LogP contribution in [0, 0.1) is 5.92 Å². The monoisotopic (exact) mass is 273 g/mol. The minimum absolute atomic E-state index is 0.353. The van der Waals surface area contributed by atoms with Gasteiger partial charge in [0, 0.05) is 5.92 Å². The van der Waals surface area contributed by atoms with Gasteiger partial charge in [-0.1, -0.05) is 67.2 Å². The molecule has 0 radical (unpaired) electrons. The Morgan fingerprint density at radius 1 is 0.895 bits per heavy atom. The fourth-order valence-corrected chi connectivity index (χ4v) is 1.23. The first kappa shape index (κ1) is 23.7. The number of nitrogens with one attached hydrogen (secondary N) is 1. The molecule has 19 heavy (non-hydrogen) atoms. The molecule has 2 nitrogen and oxygen atoms in total. The topological polar surface area (TPSA) is 29.1 Å².